The summed E-state index contributed by atoms with van der Waals surface area (Å²) in [6.07, 6.45) is 2.36. The number of benzene rings is 4. The number of aryl methyl sites for hydroxylation is 1. The third-order valence-corrected chi connectivity index (χ3v) is 7.20. The zero-order chi connectivity index (χ0) is 29.4. The predicted molar refractivity (Wildman–Crippen MR) is 161 cm³/mol. The van der Waals surface area contributed by atoms with Gasteiger partial charge in [-0.05, 0) is 78.8 Å². The van der Waals surface area contributed by atoms with Crippen molar-refractivity contribution in [3.8, 4) is 5.75 Å². The Morgan fingerprint density at radius 1 is 0.878 bits per heavy atom. The molecule has 0 spiro atoms. The summed E-state index contributed by atoms with van der Waals surface area (Å²) in [4.78, 5) is 11.3. The number of allylic oxidation sites excluding steroid dienone is 1. The highest BCUT2D eigenvalue weighted by molar-refractivity contribution is 9.10. The van der Waals surface area contributed by atoms with E-state index >= 15 is 0 Å². The molecule has 0 bridgehead atoms. The van der Waals surface area contributed by atoms with E-state index in [0.717, 1.165) is 24.0 Å². The van der Waals surface area contributed by atoms with Gasteiger partial charge in [-0.1, -0.05) is 89.3 Å². The van der Waals surface area contributed by atoms with Crippen LogP contribution in [0.15, 0.2) is 114 Å². The Balaban J connectivity index is 1.55. The van der Waals surface area contributed by atoms with Crippen LogP contribution < -0.4 is 4.74 Å². The average molecular weight is 620 g/mol. The number of rotatable bonds is 12. The van der Waals surface area contributed by atoms with Crippen LogP contribution in [0.2, 0.25) is 0 Å². The first kappa shape index (κ1) is 29.7. The number of aliphatic hydroxyl groups is 1. The van der Waals surface area contributed by atoms with E-state index < -0.39 is 12.1 Å². The van der Waals surface area contributed by atoms with Crippen molar-refractivity contribution < 1.29 is 28.5 Å². The molecular formula is C34H29BrF2O4. The number of hydrogen-bond acceptors (Lipinski definition) is 3. The van der Waals surface area contributed by atoms with Gasteiger partial charge in [0, 0.05) is 15.6 Å². The third-order valence-electron chi connectivity index (χ3n) is 6.68. The Morgan fingerprint density at radius 3 is 2.12 bits per heavy atom. The summed E-state index contributed by atoms with van der Waals surface area (Å²) in [6, 6.07) is 26.6. The van der Waals surface area contributed by atoms with Crippen LogP contribution in [-0.2, 0) is 19.0 Å². The maximum atomic E-state index is 15.0. The molecule has 0 heterocycles. The van der Waals surface area contributed by atoms with Crippen LogP contribution in [0.3, 0.4) is 0 Å². The minimum atomic E-state index is -3.53. The summed E-state index contributed by atoms with van der Waals surface area (Å²) < 4.78 is 35.9. The van der Waals surface area contributed by atoms with Crippen molar-refractivity contribution in [2.24, 2.45) is 5.92 Å². The first-order valence-corrected chi connectivity index (χ1v) is 13.8. The van der Waals surface area contributed by atoms with Crippen LogP contribution in [-0.4, -0.2) is 16.2 Å². The minimum Gasteiger partial charge on any atom is -0.508 e. The lowest BCUT2D eigenvalue weighted by atomic mass is 9.91. The van der Waals surface area contributed by atoms with Gasteiger partial charge >= 0.3 is 12.1 Å². The number of para-hydroxylation sites is 1. The molecule has 4 aromatic rings. The highest BCUT2D eigenvalue weighted by Gasteiger charge is 2.35. The van der Waals surface area contributed by atoms with Gasteiger partial charge in [0.15, 0.2) is 0 Å². The maximum Gasteiger partial charge on any atom is 0.426 e. The average Bonchev–Trinajstić information content (AvgIpc) is 2.95. The fourth-order valence-corrected chi connectivity index (χ4v) is 4.62. The maximum absolute atomic E-state index is 15.0. The summed E-state index contributed by atoms with van der Waals surface area (Å²) in [5.41, 5.74) is 3.17. The molecule has 0 amide bonds. The van der Waals surface area contributed by atoms with Gasteiger partial charge in [-0.25, -0.2) is 4.79 Å². The molecule has 0 aliphatic heterocycles. The number of alkyl halides is 2. The summed E-state index contributed by atoms with van der Waals surface area (Å²) in [5.74, 6) is -0.911. The van der Waals surface area contributed by atoms with Crippen LogP contribution in [0.4, 0.5) is 8.78 Å². The molecule has 2 N–H and O–H groups in total. The molecule has 4 aromatic carbocycles. The van der Waals surface area contributed by atoms with E-state index in [1.807, 2.05) is 30.3 Å². The zero-order valence-corrected chi connectivity index (χ0v) is 23.7. The lowest BCUT2D eigenvalue weighted by molar-refractivity contribution is -0.185. The van der Waals surface area contributed by atoms with E-state index in [1.165, 1.54) is 18.2 Å². The van der Waals surface area contributed by atoms with Crippen molar-refractivity contribution in [1.29, 1.82) is 0 Å². The van der Waals surface area contributed by atoms with E-state index in [0.29, 0.717) is 22.0 Å². The van der Waals surface area contributed by atoms with Crippen molar-refractivity contribution in [2.75, 3.05) is 0 Å². The highest BCUT2D eigenvalue weighted by Crippen LogP contribution is 2.34. The van der Waals surface area contributed by atoms with E-state index in [2.05, 4.69) is 22.5 Å². The topological polar surface area (TPSA) is 66.8 Å². The SMILES string of the molecule is C=C(O)c1ccc(CCC(/C=C/c2ccccc2OC(F)(F)c2ccc(Br)cc2)Cc2ccc(C(=O)O)cc2)cc1. The number of hydrogen-bond donors (Lipinski definition) is 2. The zero-order valence-electron chi connectivity index (χ0n) is 22.1. The second-order valence-electron chi connectivity index (χ2n) is 9.67. The van der Waals surface area contributed by atoms with Gasteiger partial charge in [-0.3, -0.25) is 0 Å². The van der Waals surface area contributed by atoms with Gasteiger partial charge in [-0.15, -0.1) is 0 Å². The quantitative estimate of drug-likeness (QED) is 0.155. The van der Waals surface area contributed by atoms with Gasteiger partial charge in [0.1, 0.15) is 11.5 Å². The van der Waals surface area contributed by atoms with Crippen molar-refractivity contribution in [3.63, 3.8) is 0 Å². The van der Waals surface area contributed by atoms with Gasteiger partial charge in [0.2, 0.25) is 0 Å². The number of ether oxygens (including phenoxy) is 1. The smallest absolute Gasteiger partial charge is 0.426 e. The van der Waals surface area contributed by atoms with E-state index in [4.69, 9.17) is 4.74 Å². The van der Waals surface area contributed by atoms with Crippen molar-refractivity contribution in [3.05, 3.63) is 148 Å². The number of aliphatic hydroxyl groups excluding tert-OH is 1. The van der Waals surface area contributed by atoms with Gasteiger partial charge in [0.25, 0.3) is 0 Å². The molecule has 4 nitrogen and oxygen atoms in total. The summed E-state index contributed by atoms with van der Waals surface area (Å²) >= 11 is 3.26. The molecule has 1 atom stereocenters. The molecule has 0 aliphatic carbocycles. The fraction of sp³-hybridized carbons (Fsp3) is 0.147. The third kappa shape index (κ3) is 8.38. The molecule has 41 heavy (non-hydrogen) atoms. The minimum absolute atomic E-state index is 0.00811. The number of aromatic carboxylic acids is 1. The van der Waals surface area contributed by atoms with Crippen molar-refractivity contribution in [1.82, 2.24) is 0 Å². The molecule has 4 rings (SSSR count). The molecule has 210 valence electrons. The van der Waals surface area contributed by atoms with E-state index in [-0.39, 0.29) is 28.6 Å². The Bertz CT molecular complexity index is 1510. The molecule has 1 unspecified atom stereocenters. The van der Waals surface area contributed by atoms with Crippen molar-refractivity contribution in [2.45, 2.75) is 25.4 Å². The molecule has 7 heteroatoms. The van der Waals surface area contributed by atoms with Crippen LogP contribution >= 0.6 is 15.9 Å². The summed E-state index contributed by atoms with van der Waals surface area (Å²) in [7, 11) is 0. The molecule has 0 aliphatic rings. The predicted octanol–water partition coefficient (Wildman–Crippen LogP) is 9.31. The molecule has 0 saturated heterocycles. The molecular weight excluding hydrogens is 590 g/mol. The Kier molecular flexibility index (Phi) is 9.73. The second kappa shape index (κ2) is 13.4. The van der Waals surface area contributed by atoms with Gasteiger partial charge in [-0.2, -0.15) is 8.78 Å². The van der Waals surface area contributed by atoms with Crippen LogP contribution in [0.5, 0.6) is 5.75 Å². The Labute approximate surface area is 246 Å². The summed E-state index contributed by atoms with van der Waals surface area (Å²) in [6.45, 7) is 3.55. The monoisotopic (exact) mass is 618 g/mol. The number of carboxylic acid groups (broad SMARTS) is 1. The molecule has 0 aromatic heterocycles. The summed E-state index contributed by atoms with van der Waals surface area (Å²) in [5, 5.41) is 18.8. The molecule has 0 radical (unpaired) electrons. The molecule has 0 saturated carbocycles. The lowest BCUT2D eigenvalue weighted by Gasteiger charge is -2.20. The molecule has 0 fully saturated rings. The lowest BCUT2D eigenvalue weighted by Crippen LogP contribution is -2.22. The van der Waals surface area contributed by atoms with Crippen LogP contribution in [0, 0.1) is 5.92 Å². The standard InChI is InChI=1S/C34H29BrF2O4/c1-23(38)27-13-8-24(9-14-27)6-7-25(22-26-11-16-29(17-12-26)33(39)40)10-15-28-4-2-3-5-32(28)41-34(36,37)30-18-20-31(35)21-19-30/h2-5,8-21,25,38H,1,6-7,22H2,(H,39,40)/b15-10+. The van der Waals surface area contributed by atoms with E-state index in [1.54, 1.807) is 60.7 Å². The fourth-order valence-electron chi connectivity index (χ4n) is 4.36. The normalized spacial score (nSPS) is 12.3. The second-order valence-corrected chi connectivity index (χ2v) is 10.6. The number of halogens is 3. The Hall–Kier alpha value is -4.23. The Morgan fingerprint density at radius 2 is 1.49 bits per heavy atom. The highest BCUT2D eigenvalue weighted by atomic mass is 79.9. The van der Waals surface area contributed by atoms with Crippen LogP contribution in [0.25, 0.3) is 11.8 Å². The largest absolute Gasteiger partial charge is 0.508 e. The van der Waals surface area contributed by atoms with Crippen molar-refractivity contribution >= 4 is 33.7 Å². The number of carbonyl (C=O) groups is 1. The van der Waals surface area contributed by atoms with Crippen LogP contribution in [0.1, 0.15) is 44.6 Å². The first-order chi connectivity index (χ1) is 19.6. The van der Waals surface area contributed by atoms with Gasteiger partial charge < -0.3 is 14.9 Å². The number of carboxylic acids is 1. The first-order valence-electron chi connectivity index (χ1n) is 13.0. The van der Waals surface area contributed by atoms with Gasteiger partial charge in [0.05, 0.1) is 11.1 Å². The van der Waals surface area contributed by atoms with E-state index in [9.17, 15) is 23.8 Å².